The van der Waals surface area contributed by atoms with Gasteiger partial charge in [-0.3, -0.25) is 9.69 Å². The van der Waals surface area contributed by atoms with Crippen LogP contribution in [0.1, 0.15) is 19.8 Å². The van der Waals surface area contributed by atoms with Gasteiger partial charge in [-0.1, -0.05) is 6.92 Å². The molecule has 0 aromatic rings. The molecule has 5 nitrogen and oxygen atoms in total. The number of carbonyl (C=O) groups is 1. The van der Waals surface area contributed by atoms with Gasteiger partial charge in [0.1, 0.15) is 6.04 Å². The topological polar surface area (TPSA) is 53.0 Å². The van der Waals surface area contributed by atoms with E-state index < -0.39 is 5.97 Å². The Morgan fingerprint density at radius 2 is 2.22 bits per heavy atom. The minimum atomic E-state index is -0.689. The van der Waals surface area contributed by atoms with Crippen LogP contribution in [0.25, 0.3) is 0 Å². The third-order valence-corrected chi connectivity index (χ3v) is 4.07. The maximum absolute atomic E-state index is 11.4. The summed E-state index contributed by atoms with van der Waals surface area (Å²) >= 11 is 0. The number of carboxylic acids is 1. The first-order valence-electron chi connectivity index (χ1n) is 6.85. The zero-order valence-electron chi connectivity index (χ0n) is 11.3. The van der Waals surface area contributed by atoms with Gasteiger partial charge in [0.15, 0.2) is 0 Å². The van der Waals surface area contributed by atoms with E-state index in [1.807, 2.05) is 6.92 Å². The highest BCUT2D eigenvalue weighted by atomic mass is 16.5. The number of likely N-dealkylation sites (tertiary alicyclic amines) is 1. The summed E-state index contributed by atoms with van der Waals surface area (Å²) in [5.41, 5.74) is 0. The van der Waals surface area contributed by atoms with E-state index in [-0.39, 0.29) is 18.1 Å². The van der Waals surface area contributed by atoms with Crippen LogP contribution in [-0.2, 0) is 9.53 Å². The van der Waals surface area contributed by atoms with E-state index >= 15 is 0 Å². The number of piperidine rings is 1. The van der Waals surface area contributed by atoms with E-state index in [0.29, 0.717) is 0 Å². The Balaban J connectivity index is 1.95. The van der Waals surface area contributed by atoms with E-state index in [4.69, 9.17) is 4.74 Å². The second kappa shape index (κ2) is 5.99. The smallest absolute Gasteiger partial charge is 0.321 e. The zero-order valence-corrected chi connectivity index (χ0v) is 11.3. The first-order chi connectivity index (χ1) is 8.58. The van der Waals surface area contributed by atoms with Crippen molar-refractivity contribution < 1.29 is 14.6 Å². The number of ether oxygens (including phenoxy) is 1. The van der Waals surface area contributed by atoms with Gasteiger partial charge >= 0.3 is 5.97 Å². The summed E-state index contributed by atoms with van der Waals surface area (Å²) in [6.45, 7) is 6.28. The number of nitrogens with zero attached hydrogens (tertiary/aromatic N) is 2. The van der Waals surface area contributed by atoms with Gasteiger partial charge < -0.3 is 14.7 Å². The Morgan fingerprint density at radius 1 is 1.44 bits per heavy atom. The van der Waals surface area contributed by atoms with E-state index in [2.05, 4.69) is 16.8 Å². The summed E-state index contributed by atoms with van der Waals surface area (Å²) in [6.07, 6.45) is 2.25. The van der Waals surface area contributed by atoms with Crippen molar-refractivity contribution in [1.82, 2.24) is 9.80 Å². The molecule has 0 radical (unpaired) electrons. The maximum atomic E-state index is 11.4. The van der Waals surface area contributed by atoms with Gasteiger partial charge in [-0.25, -0.2) is 0 Å². The van der Waals surface area contributed by atoms with Gasteiger partial charge in [0.25, 0.3) is 0 Å². The fourth-order valence-electron chi connectivity index (χ4n) is 3.12. The zero-order chi connectivity index (χ0) is 13.1. The van der Waals surface area contributed by atoms with Gasteiger partial charge in [0.05, 0.1) is 12.7 Å². The minimum Gasteiger partial charge on any atom is -0.480 e. The fraction of sp³-hybridized carbons (Fsp3) is 0.923. The number of hydrogen-bond acceptors (Lipinski definition) is 4. The van der Waals surface area contributed by atoms with Crippen LogP contribution >= 0.6 is 0 Å². The first-order valence-corrected chi connectivity index (χ1v) is 6.85. The average Bonchev–Trinajstić information content (AvgIpc) is 2.28. The monoisotopic (exact) mass is 256 g/mol. The number of aliphatic carboxylic acids is 1. The standard InChI is InChI=1S/C13H24N2O3/c1-10-4-3-5-15(12(10)13(16)17)9-11-8-14(2)6-7-18-11/h10-12H,3-9H2,1-2H3,(H,16,17). The normalized spacial score (nSPS) is 35.6. The molecule has 5 heteroatoms. The number of hydrogen-bond donors (Lipinski definition) is 1. The molecular weight excluding hydrogens is 232 g/mol. The van der Waals surface area contributed by atoms with E-state index in [9.17, 15) is 9.90 Å². The van der Waals surface area contributed by atoms with Crippen molar-refractivity contribution >= 4 is 5.97 Å². The molecule has 2 aliphatic rings. The second-order valence-electron chi connectivity index (χ2n) is 5.65. The molecule has 2 rings (SSSR count). The minimum absolute atomic E-state index is 0.149. The lowest BCUT2D eigenvalue weighted by atomic mass is 9.90. The van der Waals surface area contributed by atoms with Crippen molar-refractivity contribution in [2.45, 2.75) is 31.9 Å². The molecule has 3 unspecified atom stereocenters. The highest BCUT2D eigenvalue weighted by Gasteiger charge is 2.35. The summed E-state index contributed by atoms with van der Waals surface area (Å²) in [7, 11) is 2.09. The molecule has 0 spiro atoms. The molecule has 104 valence electrons. The van der Waals surface area contributed by atoms with Crippen molar-refractivity contribution in [2.75, 3.05) is 39.8 Å². The lowest BCUT2D eigenvalue weighted by molar-refractivity contribution is -0.148. The molecule has 2 fully saturated rings. The highest BCUT2D eigenvalue weighted by molar-refractivity contribution is 5.74. The molecule has 1 N–H and O–H groups in total. The van der Waals surface area contributed by atoms with E-state index in [1.54, 1.807) is 0 Å². The molecule has 0 aromatic heterocycles. The molecule has 0 bridgehead atoms. The van der Waals surface area contributed by atoms with Crippen molar-refractivity contribution in [3.05, 3.63) is 0 Å². The number of likely N-dealkylation sites (N-methyl/N-ethyl adjacent to an activating group) is 1. The molecule has 0 amide bonds. The quantitative estimate of drug-likeness (QED) is 0.797. The predicted molar refractivity (Wildman–Crippen MR) is 68.6 cm³/mol. The van der Waals surface area contributed by atoms with Crippen LogP contribution in [0.5, 0.6) is 0 Å². The molecule has 0 aromatic carbocycles. The van der Waals surface area contributed by atoms with Crippen molar-refractivity contribution in [3.63, 3.8) is 0 Å². The van der Waals surface area contributed by atoms with Crippen LogP contribution in [0.15, 0.2) is 0 Å². The average molecular weight is 256 g/mol. The molecule has 0 saturated carbocycles. The Labute approximate surface area is 109 Å². The molecular formula is C13H24N2O3. The van der Waals surface area contributed by atoms with Crippen molar-refractivity contribution in [3.8, 4) is 0 Å². The summed E-state index contributed by atoms with van der Waals surface area (Å²) < 4.78 is 5.74. The molecule has 2 aliphatic heterocycles. The lowest BCUT2D eigenvalue weighted by Crippen LogP contribution is -2.54. The van der Waals surface area contributed by atoms with Gasteiger partial charge in [-0.15, -0.1) is 0 Å². The Hall–Kier alpha value is -0.650. The van der Waals surface area contributed by atoms with Crippen LogP contribution in [0, 0.1) is 5.92 Å². The summed E-state index contributed by atoms with van der Waals surface area (Å²) in [6, 6.07) is -0.338. The number of rotatable bonds is 3. The Bertz CT molecular complexity index is 298. The molecule has 3 atom stereocenters. The Kier molecular flexibility index (Phi) is 4.59. The molecule has 18 heavy (non-hydrogen) atoms. The van der Waals surface area contributed by atoms with Crippen LogP contribution in [-0.4, -0.2) is 72.9 Å². The third-order valence-electron chi connectivity index (χ3n) is 4.07. The Morgan fingerprint density at radius 3 is 2.89 bits per heavy atom. The van der Waals surface area contributed by atoms with E-state index in [1.165, 1.54) is 0 Å². The van der Waals surface area contributed by atoms with Crippen LogP contribution in [0.2, 0.25) is 0 Å². The summed E-state index contributed by atoms with van der Waals surface area (Å²) in [4.78, 5) is 15.7. The number of carboxylic acid groups (broad SMARTS) is 1. The first kappa shape index (κ1) is 13.8. The van der Waals surface area contributed by atoms with Crippen LogP contribution in [0.4, 0.5) is 0 Å². The fourth-order valence-corrected chi connectivity index (χ4v) is 3.12. The third kappa shape index (κ3) is 3.22. The largest absolute Gasteiger partial charge is 0.480 e. The summed E-state index contributed by atoms with van der Waals surface area (Å²) in [5, 5.41) is 9.37. The predicted octanol–water partition coefficient (Wildman–Crippen LogP) is 0.502. The van der Waals surface area contributed by atoms with Crippen molar-refractivity contribution in [2.24, 2.45) is 5.92 Å². The van der Waals surface area contributed by atoms with Crippen LogP contribution < -0.4 is 0 Å². The van der Waals surface area contributed by atoms with Gasteiger partial charge in [0.2, 0.25) is 0 Å². The molecule has 2 heterocycles. The van der Waals surface area contributed by atoms with Crippen molar-refractivity contribution in [1.29, 1.82) is 0 Å². The van der Waals surface area contributed by atoms with Crippen LogP contribution in [0.3, 0.4) is 0 Å². The van der Waals surface area contributed by atoms with E-state index in [0.717, 1.165) is 45.6 Å². The maximum Gasteiger partial charge on any atom is 0.321 e. The SMILES string of the molecule is CC1CCCN(CC2CN(C)CCO2)C1C(=O)O. The van der Waals surface area contributed by atoms with Gasteiger partial charge in [0, 0.05) is 19.6 Å². The second-order valence-corrected chi connectivity index (χ2v) is 5.65. The summed E-state index contributed by atoms with van der Waals surface area (Å²) in [5.74, 6) is -0.455. The van der Waals surface area contributed by atoms with Gasteiger partial charge in [-0.2, -0.15) is 0 Å². The molecule has 2 saturated heterocycles. The number of morpholine rings is 1. The molecule has 0 aliphatic carbocycles. The van der Waals surface area contributed by atoms with Gasteiger partial charge in [-0.05, 0) is 32.4 Å². The highest BCUT2D eigenvalue weighted by Crippen LogP contribution is 2.24. The lowest BCUT2D eigenvalue weighted by Gasteiger charge is -2.40.